The molecule has 120 valence electrons. The number of hydrogen-bond donors (Lipinski definition) is 1. The Bertz CT molecular complexity index is 575. The first-order valence-corrected chi connectivity index (χ1v) is 9.13. The smallest absolute Gasteiger partial charge is 0.179 e. The fourth-order valence-electron chi connectivity index (χ4n) is 1.77. The van der Waals surface area contributed by atoms with Crippen LogP contribution in [-0.4, -0.2) is 40.2 Å². The first-order chi connectivity index (χ1) is 9.76. The molecule has 0 radical (unpaired) electrons. The molecule has 0 amide bonds. The second-order valence-corrected chi connectivity index (χ2v) is 7.63. The van der Waals surface area contributed by atoms with Gasteiger partial charge in [-0.05, 0) is 30.5 Å². The third-order valence-corrected chi connectivity index (χ3v) is 4.20. The highest BCUT2D eigenvalue weighted by Crippen LogP contribution is 2.36. The lowest BCUT2D eigenvalue weighted by atomic mass is 10.0. The number of hydrogen-bond acceptors (Lipinski definition) is 5. The van der Waals surface area contributed by atoms with Crippen molar-refractivity contribution in [2.24, 2.45) is 5.73 Å². The van der Waals surface area contributed by atoms with E-state index in [0.717, 1.165) is 18.2 Å². The molecule has 7 heteroatoms. The number of ether oxygens (including phenoxy) is 2. The Morgan fingerprint density at radius 3 is 2.57 bits per heavy atom. The molecule has 0 bridgehead atoms. The molecule has 0 heterocycles. The summed E-state index contributed by atoms with van der Waals surface area (Å²) < 4.78 is 32.9. The molecule has 1 aromatic carbocycles. The molecule has 0 aliphatic heterocycles. The van der Waals surface area contributed by atoms with Gasteiger partial charge >= 0.3 is 0 Å². The minimum atomic E-state index is -3.08. The molecule has 21 heavy (non-hydrogen) atoms. The number of halogens is 1. The van der Waals surface area contributed by atoms with Crippen molar-refractivity contribution < 1.29 is 17.9 Å². The molecule has 1 aromatic rings. The van der Waals surface area contributed by atoms with Crippen molar-refractivity contribution in [3.05, 3.63) is 22.7 Å². The Morgan fingerprint density at radius 2 is 2.05 bits per heavy atom. The van der Waals surface area contributed by atoms with E-state index in [1.165, 1.54) is 7.11 Å². The first-order valence-electron chi connectivity index (χ1n) is 6.69. The third-order valence-electron chi connectivity index (χ3n) is 3.01. The monoisotopic (exact) mass is 335 g/mol. The van der Waals surface area contributed by atoms with Crippen molar-refractivity contribution in [3.63, 3.8) is 0 Å². The maximum absolute atomic E-state index is 11.1. The maximum Gasteiger partial charge on any atom is 0.179 e. The third kappa shape index (κ3) is 6.11. The predicted molar refractivity (Wildman–Crippen MR) is 85.2 cm³/mol. The van der Waals surface area contributed by atoms with E-state index in [0.29, 0.717) is 22.9 Å². The standard InChI is InChI=1S/C14H22ClNO4S/c1-4-11(16)7-10-8-12(15)14(13(9-10)19-2)20-5-6-21(3,17)18/h8-9,11H,4-7,16H2,1-3H3. The molecule has 0 saturated carbocycles. The Balaban J connectivity index is 2.89. The van der Waals surface area contributed by atoms with E-state index >= 15 is 0 Å². The van der Waals surface area contributed by atoms with E-state index in [9.17, 15) is 8.42 Å². The summed E-state index contributed by atoms with van der Waals surface area (Å²) in [6.07, 6.45) is 2.72. The van der Waals surface area contributed by atoms with Gasteiger partial charge in [-0.2, -0.15) is 0 Å². The van der Waals surface area contributed by atoms with E-state index in [-0.39, 0.29) is 18.4 Å². The van der Waals surface area contributed by atoms with Crippen LogP contribution in [0.4, 0.5) is 0 Å². The van der Waals surface area contributed by atoms with E-state index in [4.69, 9.17) is 26.8 Å². The van der Waals surface area contributed by atoms with Gasteiger partial charge in [-0.1, -0.05) is 18.5 Å². The van der Waals surface area contributed by atoms with Gasteiger partial charge in [-0.15, -0.1) is 0 Å². The minimum absolute atomic E-state index is 0.0305. The van der Waals surface area contributed by atoms with Crippen LogP contribution in [0.3, 0.4) is 0 Å². The molecule has 0 spiro atoms. The van der Waals surface area contributed by atoms with Crippen LogP contribution in [0, 0.1) is 0 Å². The van der Waals surface area contributed by atoms with Crippen molar-refractivity contribution in [2.45, 2.75) is 25.8 Å². The predicted octanol–water partition coefficient (Wildman–Crippen LogP) is 2.05. The van der Waals surface area contributed by atoms with Gasteiger partial charge in [-0.25, -0.2) is 8.42 Å². The zero-order valence-electron chi connectivity index (χ0n) is 12.6. The fraction of sp³-hybridized carbons (Fsp3) is 0.571. The van der Waals surface area contributed by atoms with E-state index in [2.05, 4.69) is 0 Å². The van der Waals surface area contributed by atoms with Gasteiger partial charge in [-0.3, -0.25) is 0 Å². The van der Waals surface area contributed by atoms with Crippen molar-refractivity contribution in [2.75, 3.05) is 25.7 Å². The second-order valence-electron chi connectivity index (χ2n) is 4.96. The summed E-state index contributed by atoms with van der Waals surface area (Å²) in [7, 11) is -1.57. The number of sulfone groups is 1. The highest BCUT2D eigenvalue weighted by molar-refractivity contribution is 7.90. The number of nitrogens with two attached hydrogens (primary N) is 1. The topological polar surface area (TPSA) is 78.6 Å². The Morgan fingerprint density at radius 1 is 1.38 bits per heavy atom. The van der Waals surface area contributed by atoms with Crippen molar-refractivity contribution in [1.29, 1.82) is 0 Å². The lowest BCUT2D eigenvalue weighted by molar-refractivity contribution is 0.311. The van der Waals surface area contributed by atoms with Crippen LogP contribution in [0.1, 0.15) is 18.9 Å². The summed E-state index contributed by atoms with van der Waals surface area (Å²) in [6, 6.07) is 3.65. The van der Waals surface area contributed by atoms with Crippen LogP contribution in [0.25, 0.3) is 0 Å². The number of benzene rings is 1. The fourth-order valence-corrected chi connectivity index (χ4v) is 2.45. The van der Waals surface area contributed by atoms with Gasteiger partial charge in [0.15, 0.2) is 21.3 Å². The number of methoxy groups -OCH3 is 1. The summed E-state index contributed by atoms with van der Waals surface area (Å²) in [5.41, 5.74) is 6.89. The van der Waals surface area contributed by atoms with Gasteiger partial charge in [0.25, 0.3) is 0 Å². The van der Waals surface area contributed by atoms with Gasteiger partial charge in [0.1, 0.15) is 6.61 Å². The van der Waals surface area contributed by atoms with Crippen LogP contribution in [0.2, 0.25) is 5.02 Å². The number of rotatable bonds is 8. The van der Waals surface area contributed by atoms with Gasteiger partial charge < -0.3 is 15.2 Å². The lowest BCUT2D eigenvalue weighted by Gasteiger charge is -2.15. The molecule has 0 aromatic heterocycles. The molecule has 0 saturated heterocycles. The van der Waals surface area contributed by atoms with Gasteiger partial charge in [0.05, 0.1) is 17.9 Å². The largest absolute Gasteiger partial charge is 0.493 e. The molecule has 1 rings (SSSR count). The van der Waals surface area contributed by atoms with E-state index < -0.39 is 9.84 Å². The van der Waals surface area contributed by atoms with Crippen molar-refractivity contribution in [3.8, 4) is 11.5 Å². The van der Waals surface area contributed by atoms with Crippen molar-refractivity contribution in [1.82, 2.24) is 0 Å². The average molecular weight is 336 g/mol. The molecule has 0 fully saturated rings. The zero-order valence-corrected chi connectivity index (χ0v) is 14.1. The quantitative estimate of drug-likeness (QED) is 0.786. The van der Waals surface area contributed by atoms with Crippen molar-refractivity contribution >= 4 is 21.4 Å². The highest BCUT2D eigenvalue weighted by Gasteiger charge is 2.14. The summed E-state index contributed by atoms with van der Waals surface area (Å²) in [6.45, 7) is 2.05. The van der Waals surface area contributed by atoms with Gasteiger partial charge in [0.2, 0.25) is 0 Å². The van der Waals surface area contributed by atoms with E-state index in [1.54, 1.807) is 6.07 Å². The molecule has 1 atom stereocenters. The van der Waals surface area contributed by atoms with E-state index in [1.807, 2.05) is 13.0 Å². The normalized spacial score (nSPS) is 13.0. The minimum Gasteiger partial charge on any atom is -0.493 e. The lowest BCUT2D eigenvalue weighted by Crippen LogP contribution is -2.21. The molecule has 1 unspecified atom stereocenters. The summed E-state index contributed by atoms with van der Waals surface area (Å²) in [5, 5.41) is 0.390. The zero-order chi connectivity index (χ0) is 16.0. The molecule has 2 N–H and O–H groups in total. The molecule has 0 aliphatic rings. The first kappa shape index (κ1) is 18.1. The highest BCUT2D eigenvalue weighted by atomic mass is 35.5. The average Bonchev–Trinajstić information content (AvgIpc) is 2.39. The Kier molecular flexibility index (Phi) is 6.77. The molecule has 0 aliphatic carbocycles. The summed E-state index contributed by atoms with van der Waals surface area (Å²) in [5.74, 6) is 0.764. The van der Waals surface area contributed by atoms with Crippen LogP contribution in [-0.2, 0) is 16.3 Å². The second kappa shape index (κ2) is 7.87. The molecule has 5 nitrogen and oxygen atoms in total. The summed E-state index contributed by atoms with van der Waals surface area (Å²) in [4.78, 5) is 0. The van der Waals surface area contributed by atoms with Crippen LogP contribution >= 0.6 is 11.6 Å². The maximum atomic E-state index is 11.1. The van der Waals surface area contributed by atoms with Crippen LogP contribution in [0.15, 0.2) is 12.1 Å². The molecular formula is C14H22ClNO4S. The van der Waals surface area contributed by atoms with Crippen LogP contribution in [0.5, 0.6) is 11.5 Å². The summed E-state index contributed by atoms with van der Waals surface area (Å²) >= 11 is 6.19. The molecular weight excluding hydrogens is 314 g/mol. The van der Waals surface area contributed by atoms with Crippen LogP contribution < -0.4 is 15.2 Å². The SMILES string of the molecule is CCC(N)Cc1cc(Cl)c(OCCS(C)(=O)=O)c(OC)c1. The Labute approximate surface area is 131 Å². The Hall–Kier alpha value is -0.980. The van der Waals surface area contributed by atoms with Gasteiger partial charge in [0, 0.05) is 12.3 Å².